The summed E-state index contributed by atoms with van der Waals surface area (Å²) in [6, 6.07) is 1.81. The van der Waals surface area contributed by atoms with Crippen LogP contribution >= 0.6 is 0 Å². The summed E-state index contributed by atoms with van der Waals surface area (Å²) in [5, 5.41) is 5.06. The van der Waals surface area contributed by atoms with Crippen LogP contribution in [0.25, 0.3) is 5.57 Å². The second-order valence-corrected chi connectivity index (χ2v) is 4.76. The summed E-state index contributed by atoms with van der Waals surface area (Å²) in [6.45, 7) is 1.94. The van der Waals surface area contributed by atoms with E-state index in [1.165, 1.54) is 6.20 Å². The molecule has 2 N–H and O–H groups in total. The molecule has 0 spiro atoms. The molecule has 0 unspecified atom stereocenters. The van der Waals surface area contributed by atoms with Crippen molar-refractivity contribution in [3.8, 4) is 0 Å². The minimum absolute atomic E-state index is 0.00287. The van der Waals surface area contributed by atoms with E-state index in [0.717, 1.165) is 11.1 Å². The van der Waals surface area contributed by atoms with Gasteiger partial charge in [0.05, 0.1) is 0 Å². The van der Waals surface area contributed by atoms with E-state index in [1.807, 2.05) is 19.1 Å². The largest absolute Gasteiger partial charge is 0.255 e. The topological polar surface area (TPSA) is 73.0 Å². The number of allylic oxidation sites excluding steroid dienone is 2. The fraction of sp³-hybridized carbons (Fsp3) is 0.222. The number of nitrogens with two attached hydrogens (primary N) is 1. The van der Waals surface area contributed by atoms with Crippen molar-refractivity contribution in [1.82, 2.24) is 4.98 Å². The van der Waals surface area contributed by atoms with Crippen LogP contribution in [0.3, 0.4) is 0 Å². The van der Waals surface area contributed by atoms with Crippen molar-refractivity contribution >= 4 is 15.6 Å². The summed E-state index contributed by atoms with van der Waals surface area (Å²) in [7, 11) is -3.70. The third-order valence-electron chi connectivity index (χ3n) is 2.32. The molecular formula is C9H10N2O2S. The standard InChI is InChI=1S/C9H10N2O2S/c1-6-2-3-8-7(6)4-5-11-9(8)14(10,12)13/h2,4-5H,3H2,1H3,(H2,10,12,13). The van der Waals surface area contributed by atoms with Gasteiger partial charge in [-0.3, -0.25) is 0 Å². The maximum atomic E-state index is 11.2. The molecule has 0 aromatic carbocycles. The minimum atomic E-state index is -3.70. The predicted octanol–water partition coefficient (Wildman–Crippen LogP) is 0.688. The average molecular weight is 210 g/mol. The Balaban J connectivity index is 2.70. The Morgan fingerprint density at radius 3 is 2.86 bits per heavy atom. The highest BCUT2D eigenvalue weighted by Crippen LogP contribution is 2.29. The van der Waals surface area contributed by atoms with E-state index < -0.39 is 10.0 Å². The molecule has 5 heteroatoms. The molecule has 14 heavy (non-hydrogen) atoms. The summed E-state index contributed by atoms with van der Waals surface area (Å²) in [4.78, 5) is 3.81. The zero-order chi connectivity index (χ0) is 10.3. The normalized spacial score (nSPS) is 15.1. The predicted molar refractivity (Wildman–Crippen MR) is 53.0 cm³/mol. The number of pyridine rings is 1. The van der Waals surface area contributed by atoms with Gasteiger partial charge in [0.15, 0.2) is 5.03 Å². The molecule has 0 radical (unpaired) electrons. The fourth-order valence-electron chi connectivity index (χ4n) is 1.65. The van der Waals surface area contributed by atoms with Crippen LogP contribution in [0.1, 0.15) is 18.1 Å². The maximum Gasteiger partial charge on any atom is 0.255 e. The SMILES string of the molecule is CC1=CCc2c1ccnc2S(N)(=O)=O. The summed E-state index contributed by atoms with van der Waals surface area (Å²) in [5.41, 5.74) is 2.73. The van der Waals surface area contributed by atoms with E-state index in [1.54, 1.807) is 0 Å². The number of hydrogen-bond acceptors (Lipinski definition) is 3. The van der Waals surface area contributed by atoms with E-state index in [2.05, 4.69) is 4.98 Å². The minimum Gasteiger partial charge on any atom is -0.243 e. The molecule has 0 aliphatic heterocycles. The molecular weight excluding hydrogens is 200 g/mol. The Labute approximate surface area is 82.5 Å². The van der Waals surface area contributed by atoms with Gasteiger partial charge in [-0.15, -0.1) is 0 Å². The molecule has 0 atom stereocenters. The van der Waals surface area contributed by atoms with Gasteiger partial charge in [0.2, 0.25) is 0 Å². The van der Waals surface area contributed by atoms with Gasteiger partial charge in [0.1, 0.15) is 0 Å². The molecule has 1 aromatic rings. The Morgan fingerprint density at radius 1 is 1.50 bits per heavy atom. The molecule has 1 heterocycles. The molecule has 0 saturated heterocycles. The van der Waals surface area contributed by atoms with Gasteiger partial charge in [-0.05, 0) is 30.5 Å². The lowest BCUT2D eigenvalue weighted by Crippen LogP contribution is -2.16. The van der Waals surface area contributed by atoms with Gasteiger partial charge in [0, 0.05) is 11.8 Å². The highest BCUT2D eigenvalue weighted by atomic mass is 32.2. The molecule has 1 aromatic heterocycles. The Kier molecular flexibility index (Phi) is 1.94. The summed E-state index contributed by atoms with van der Waals surface area (Å²) >= 11 is 0. The monoisotopic (exact) mass is 210 g/mol. The second kappa shape index (κ2) is 2.90. The van der Waals surface area contributed by atoms with E-state index >= 15 is 0 Å². The third-order valence-corrected chi connectivity index (χ3v) is 3.21. The van der Waals surface area contributed by atoms with Crippen molar-refractivity contribution in [2.45, 2.75) is 18.4 Å². The molecule has 74 valence electrons. The summed E-state index contributed by atoms with van der Waals surface area (Å²) in [6.07, 6.45) is 4.04. The van der Waals surface area contributed by atoms with Crippen molar-refractivity contribution in [3.05, 3.63) is 29.5 Å². The first-order valence-corrected chi connectivity index (χ1v) is 5.72. The van der Waals surface area contributed by atoms with Gasteiger partial charge in [-0.25, -0.2) is 18.5 Å². The maximum absolute atomic E-state index is 11.2. The lowest BCUT2D eigenvalue weighted by atomic mass is 10.1. The van der Waals surface area contributed by atoms with Gasteiger partial charge in [0.25, 0.3) is 10.0 Å². The van der Waals surface area contributed by atoms with Crippen molar-refractivity contribution in [1.29, 1.82) is 0 Å². The molecule has 0 bridgehead atoms. The van der Waals surface area contributed by atoms with Crippen LogP contribution in [0.15, 0.2) is 23.4 Å². The Bertz CT molecular complexity index is 518. The first kappa shape index (κ1) is 9.36. The van der Waals surface area contributed by atoms with Crippen molar-refractivity contribution < 1.29 is 8.42 Å². The quantitative estimate of drug-likeness (QED) is 0.741. The van der Waals surface area contributed by atoms with E-state index in [4.69, 9.17) is 5.14 Å². The number of aromatic nitrogens is 1. The molecule has 1 aliphatic carbocycles. The molecule has 0 amide bonds. The van der Waals surface area contributed by atoms with Gasteiger partial charge < -0.3 is 0 Å². The number of rotatable bonds is 1. The number of hydrogen-bond donors (Lipinski definition) is 1. The number of nitrogens with zero attached hydrogens (tertiary/aromatic N) is 1. The number of sulfonamides is 1. The van der Waals surface area contributed by atoms with E-state index in [0.29, 0.717) is 12.0 Å². The van der Waals surface area contributed by atoms with Crippen molar-refractivity contribution in [2.24, 2.45) is 5.14 Å². The summed E-state index contributed by atoms with van der Waals surface area (Å²) < 4.78 is 22.4. The first-order valence-electron chi connectivity index (χ1n) is 4.18. The highest BCUT2D eigenvalue weighted by molar-refractivity contribution is 7.89. The fourth-order valence-corrected chi connectivity index (χ4v) is 2.39. The average Bonchev–Trinajstić information content (AvgIpc) is 2.46. The van der Waals surface area contributed by atoms with Gasteiger partial charge >= 0.3 is 0 Å². The van der Waals surface area contributed by atoms with Crippen molar-refractivity contribution in [3.63, 3.8) is 0 Å². The van der Waals surface area contributed by atoms with Crippen LogP contribution in [0, 0.1) is 0 Å². The molecule has 2 rings (SSSR count). The van der Waals surface area contributed by atoms with Crippen LogP contribution in [0.2, 0.25) is 0 Å². The lowest BCUT2D eigenvalue weighted by Gasteiger charge is -2.05. The number of fused-ring (bicyclic) bond motifs is 1. The zero-order valence-corrected chi connectivity index (χ0v) is 8.50. The van der Waals surface area contributed by atoms with Crippen LogP contribution in [-0.4, -0.2) is 13.4 Å². The van der Waals surface area contributed by atoms with E-state index in [-0.39, 0.29) is 5.03 Å². The van der Waals surface area contributed by atoms with Crippen LogP contribution in [0.4, 0.5) is 0 Å². The van der Waals surface area contributed by atoms with E-state index in [9.17, 15) is 8.42 Å². The first-order chi connectivity index (χ1) is 6.50. The highest BCUT2D eigenvalue weighted by Gasteiger charge is 2.21. The lowest BCUT2D eigenvalue weighted by molar-refractivity contribution is 0.593. The van der Waals surface area contributed by atoms with Crippen LogP contribution < -0.4 is 5.14 Å². The van der Waals surface area contributed by atoms with Crippen LogP contribution in [-0.2, 0) is 16.4 Å². The Morgan fingerprint density at radius 2 is 2.21 bits per heavy atom. The third kappa shape index (κ3) is 1.34. The molecule has 1 aliphatic rings. The molecule has 0 saturated carbocycles. The Hall–Kier alpha value is -1.20. The smallest absolute Gasteiger partial charge is 0.243 e. The second-order valence-electron chi connectivity index (χ2n) is 3.28. The summed E-state index contributed by atoms with van der Waals surface area (Å²) in [5.74, 6) is 0. The van der Waals surface area contributed by atoms with Gasteiger partial charge in [-0.1, -0.05) is 6.08 Å². The molecule has 0 fully saturated rings. The molecule has 4 nitrogen and oxygen atoms in total. The van der Waals surface area contributed by atoms with Crippen molar-refractivity contribution in [2.75, 3.05) is 0 Å². The number of primary sulfonamides is 1. The zero-order valence-electron chi connectivity index (χ0n) is 7.69. The van der Waals surface area contributed by atoms with Crippen LogP contribution in [0.5, 0.6) is 0 Å². The van der Waals surface area contributed by atoms with Gasteiger partial charge in [-0.2, -0.15) is 0 Å².